The highest BCUT2D eigenvalue weighted by Gasteiger charge is 2.56. The number of nitrogens with zero attached hydrogens (tertiary/aromatic N) is 1. The molecule has 2 aromatic carbocycles. The minimum absolute atomic E-state index is 0.190. The van der Waals surface area contributed by atoms with E-state index in [0.29, 0.717) is 22.0 Å². The van der Waals surface area contributed by atoms with Crippen LogP contribution in [0.5, 0.6) is 0 Å². The first kappa shape index (κ1) is 14.2. The van der Waals surface area contributed by atoms with Gasteiger partial charge in [-0.05, 0) is 23.8 Å². The third kappa shape index (κ3) is 2.12. The van der Waals surface area contributed by atoms with Gasteiger partial charge >= 0.3 is 0 Å². The van der Waals surface area contributed by atoms with Gasteiger partial charge in [-0.2, -0.15) is 0 Å². The van der Waals surface area contributed by atoms with E-state index < -0.39 is 17.6 Å². The van der Waals surface area contributed by atoms with Gasteiger partial charge in [-0.1, -0.05) is 47.1 Å². The molecule has 0 fully saturated rings. The second-order valence-corrected chi connectivity index (χ2v) is 6.08. The molecule has 4 rings (SSSR count). The Kier molecular flexibility index (Phi) is 3.14. The van der Waals surface area contributed by atoms with Crippen LogP contribution in [-0.2, 0) is 9.63 Å². The van der Waals surface area contributed by atoms with E-state index in [4.69, 9.17) is 16.4 Å². The maximum Gasteiger partial charge on any atom is 0.275 e. The van der Waals surface area contributed by atoms with Crippen molar-refractivity contribution in [1.29, 1.82) is 0 Å². The molecule has 0 aromatic heterocycles. The normalized spacial score (nSPS) is 25.6. The number of benzene rings is 2. The molecule has 0 aliphatic carbocycles. The summed E-state index contributed by atoms with van der Waals surface area (Å²) in [4.78, 5) is 18.0. The van der Waals surface area contributed by atoms with Crippen molar-refractivity contribution in [2.75, 3.05) is 5.32 Å². The molecule has 0 saturated carbocycles. The molecule has 2 aliphatic heterocycles. The highest BCUT2D eigenvalue weighted by Crippen LogP contribution is 2.44. The van der Waals surface area contributed by atoms with Crippen LogP contribution in [0, 0.1) is 0 Å². The molecule has 1 amide bonds. The summed E-state index contributed by atoms with van der Waals surface area (Å²) in [7, 11) is 0. The monoisotopic (exact) mass is 328 g/mol. The van der Waals surface area contributed by atoms with Gasteiger partial charge in [0.2, 0.25) is 0 Å². The van der Waals surface area contributed by atoms with E-state index in [-0.39, 0.29) is 6.42 Å². The van der Waals surface area contributed by atoms with Gasteiger partial charge in [0.15, 0.2) is 0 Å². The Morgan fingerprint density at radius 1 is 1.22 bits per heavy atom. The lowest BCUT2D eigenvalue weighted by molar-refractivity contribution is -0.156. The number of nitrogens with one attached hydrogen (secondary N) is 1. The van der Waals surface area contributed by atoms with Gasteiger partial charge < -0.3 is 15.3 Å². The van der Waals surface area contributed by atoms with Crippen LogP contribution < -0.4 is 5.32 Å². The Morgan fingerprint density at radius 3 is 2.74 bits per heavy atom. The topological polar surface area (TPSA) is 70.9 Å². The van der Waals surface area contributed by atoms with E-state index in [2.05, 4.69) is 10.5 Å². The minimum Gasteiger partial charge on any atom is -0.383 e. The first-order chi connectivity index (χ1) is 11.1. The number of anilines is 1. The fraction of sp³-hybridized carbons (Fsp3) is 0.176. The second-order valence-electron chi connectivity index (χ2n) is 5.65. The first-order valence-corrected chi connectivity index (χ1v) is 7.57. The number of amides is 1. The Balaban J connectivity index is 1.68. The molecule has 116 valence electrons. The molecular weight excluding hydrogens is 316 g/mol. The smallest absolute Gasteiger partial charge is 0.275 e. The summed E-state index contributed by atoms with van der Waals surface area (Å²) in [5.74, 6) is -0.392. The van der Waals surface area contributed by atoms with Crippen LogP contribution in [0.1, 0.15) is 23.7 Å². The van der Waals surface area contributed by atoms with Crippen LogP contribution in [0.15, 0.2) is 53.7 Å². The van der Waals surface area contributed by atoms with E-state index in [1.165, 1.54) is 0 Å². The lowest BCUT2D eigenvalue weighted by atomic mass is 9.81. The van der Waals surface area contributed by atoms with Crippen molar-refractivity contribution in [1.82, 2.24) is 0 Å². The number of aliphatic hydroxyl groups is 1. The first-order valence-electron chi connectivity index (χ1n) is 7.19. The molecular formula is C17H13ClN2O3. The SMILES string of the molecule is O=C1Nc2ccccc2[C@@H](O)[C@]12CC(c1ccc(Cl)cc1)=NO2. The maximum absolute atomic E-state index is 12.5. The van der Waals surface area contributed by atoms with Crippen molar-refractivity contribution in [3.63, 3.8) is 0 Å². The van der Waals surface area contributed by atoms with Gasteiger partial charge in [-0.15, -0.1) is 0 Å². The van der Waals surface area contributed by atoms with Crippen molar-refractivity contribution in [2.24, 2.45) is 5.16 Å². The largest absolute Gasteiger partial charge is 0.383 e. The molecule has 2 aromatic rings. The third-order valence-corrected chi connectivity index (χ3v) is 4.51. The second kappa shape index (κ2) is 5.08. The highest BCUT2D eigenvalue weighted by atomic mass is 35.5. The number of carbonyl (C=O) groups is 1. The fourth-order valence-corrected chi connectivity index (χ4v) is 3.09. The Labute approximate surface area is 137 Å². The van der Waals surface area contributed by atoms with Gasteiger partial charge in [-0.25, -0.2) is 0 Å². The van der Waals surface area contributed by atoms with Gasteiger partial charge in [0.25, 0.3) is 11.5 Å². The maximum atomic E-state index is 12.5. The van der Waals surface area contributed by atoms with Gasteiger partial charge in [0.1, 0.15) is 6.10 Å². The van der Waals surface area contributed by atoms with E-state index in [1.807, 2.05) is 18.2 Å². The number of oxime groups is 1. The van der Waals surface area contributed by atoms with Crippen LogP contribution in [0.2, 0.25) is 5.02 Å². The predicted octanol–water partition coefficient (Wildman–Crippen LogP) is 2.89. The number of para-hydroxylation sites is 1. The van der Waals surface area contributed by atoms with Crippen LogP contribution in [0.3, 0.4) is 0 Å². The van der Waals surface area contributed by atoms with E-state index in [9.17, 15) is 9.90 Å². The number of halogens is 1. The van der Waals surface area contributed by atoms with Gasteiger partial charge in [-0.3, -0.25) is 4.79 Å². The van der Waals surface area contributed by atoms with Crippen LogP contribution in [-0.4, -0.2) is 22.3 Å². The molecule has 2 heterocycles. The molecule has 2 N–H and O–H groups in total. The molecule has 2 aliphatic rings. The summed E-state index contributed by atoms with van der Waals surface area (Å²) in [6.45, 7) is 0. The van der Waals surface area contributed by atoms with Crippen molar-refractivity contribution in [2.45, 2.75) is 18.1 Å². The van der Waals surface area contributed by atoms with Crippen LogP contribution >= 0.6 is 11.6 Å². The minimum atomic E-state index is -1.43. The molecule has 23 heavy (non-hydrogen) atoms. The zero-order valence-electron chi connectivity index (χ0n) is 12.0. The number of fused-ring (bicyclic) bond motifs is 1. The van der Waals surface area contributed by atoms with Gasteiger partial charge in [0, 0.05) is 22.7 Å². The Hall–Kier alpha value is -2.37. The lowest BCUT2D eigenvalue weighted by Gasteiger charge is -2.35. The van der Waals surface area contributed by atoms with Crippen molar-refractivity contribution >= 4 is 28.9 Å². The molecule has 5 nitrogen and oxygen atoms in total. The zero-order valence-corrected chi connectivity index (χ0v) is 12.7. The predicted molar refractivity (Wildman–Crippen MR) is 86.5 cm³/mol. The zero-order chi connectivity index (χ0) is 16.0. The number of rotatable bonds is 1. The molecule has 6 heteroatoms. The molecule has 2 atom stereocenters. The lowest BCUT2D eigenvalue weighted by Crippen LogP contribution is -2.51. The molecule has 0 radical (unpaired) electrons. The van der Waals surface area contributed by atoms with Crippen LogP contribution in [0.25, 0.3) is 0 Å². The summed E-state index contributed by atoms with van der Waals surface area (Å²) >= 11 is 5.89. The quantitative estimate of drug-likeness (QED) is 0.845. The number of hydrogen-bond acceptors (Lipinski definition) is 4. The van der Waals surface area contributed by atoms with Crippen molar-refractivity contribution < 1.29 is 14.7 Å². The summed E-state index contributed by atoms with van der Waals surface area (Å²) < 4.78 is 0. The summed E-state index contributed by atoms with van der Waals surface area (Å²) in [6.07, 6.45) is -0.892. The van der Waals surface area contributed by atoms with Crippen molar-refractivity contribution in [3.05, 3.63) is 64.7 Å². The van der Waals surface area contributed by atoms with E-state index >= 15 is 0 Å². The molecule has 0 bridgehead atoms. The Morgan fingerprint density at radius 2 is 1.96 bits per heavy atom. The average Bonchev–Trinajstić information content (AvgIpc) is 3.01. The third-order valence-electron chi connectivity index (χ3n) is 4.26. The molecule has 0 unspecified atom stereocenters. The van der Waals surface area contributed by atoms with E-state index in [1.54, 1.807) is 30.3 Å². The number of carbonyl (C=O) groups excluding carboxylic acids is 1. The fourth-order valence-electron chi connectivity index (χ4n) is 2.97. The summed E-state index contributed by atoms with van der Waals surface area (Å²) in [6, 6.07) is 14.2. The van der Waals surface area contributed by atoms with E-state index in [0.717, 1.165) is 5.56 Å². The van der Waals surface area contributed by atoms with Crippen LogP contribution in [0.4, 0.5) is 5.69 Å². The standard InChI is InChI=1S/C17H13ClN2O3/c18-11-7-5-10(6-8-11)14-9-17(23-20-14)15(21)12-3-1-2-4-13(12)19-16(17)22/h1-8,15,21H,9H2,(H,19,22)/t15-,17-/m1/s1. The van der Waals surface area contributed by atoms with Gasteiger partial charge in [0.05, 0.1) is 5.71 Å². The number of aliphatic hydroxyl groups excluding tert-OH is 1. The summed E-state index contributed by atoms with van der Waals surface area (Å²) in [5, 5.41) is 18.2. The molecule has 1 spiro atoms. The van der Waals surface area contributed by atoms with Crippen molar-refractivity contribution in [3.8, 4) is 0 Å². The average molecular weight is 329 g/mol. The Bertz CT molecular complexity index is 819. The highest BCUT2D eigenvalue weighted by molar-refractivity contribution is 6.30. The summed E-state index contributed by atoms with van der Waals surface area (Å²) in [5.41, 5.74) is 1.21. The molecule has 0 saturated heterocycles. The number of hydrogen-bond donors (Lipinski definition) is 2.